The summed E-state index contributed by atoms with van der Waals surface area (Å²) in [5.74, 6) is 3.95. The van der Waals surface area contributed by atoms with E-state index in [4.69, 9.17) is 5.73 Å². The van der Waals surface area contributed by atoms with Crippen molar-refractivity contribution in [2.45, 2.75) is 44.2 Å². The SMILES string of the molecule is CN(C(CN)c1ccc[nH]1)C1C2CC3CC(C2)CC1C3. The third-order valence-corrected chi connectivity index (χ3v) is 6.34. The van der Waals surface area contributed by atoms with Crippen molar-refractivity contribution in [2.75, 3.05) is 13.6 Å². The minimum absolute atomic E-state index is 0.354. The fourth-order valence-electron chi connectivity index (χ4n) is 5.83. The van der Waals surface area contributed by atoms with E-state index in [0.29, 0.717) is 12.6 Å². The van der Waals surface area contributed by atoms with Gasteiger partial charge in [0, 0.05) is 24.5 Å². The predicted octanol–water partition coefficient (Wildman–Crippen LogP) is 2.77. The Morgan fingerprint density at radius 2 is 1.85 bits per heavy atom. The van der Waals surface area contributed by atoms with Gasteiger partial charge < -0.3 is 10.7 Å². The fraction of sp³-hybridized carbons (Fsp3) is 0.765. The first-order chi connectivity index (χ1) is 9.76. The van der Waals surface area contributed by atoms with Crippen LogP contribution in [0.3, 0.4) is 0 Å². The van der Waals surface area contributed by atoms with Crippen LogP contribution in [0.4, 0.5) is 0 Å². The van der Waals surface area contributed by atoms with Crippen molar-refractivity contribution in [1.29, 1.82) is 0 Å². The number of H-pyrrole nitrogens is 1. The Morgan fingerprint density at radius 1 is 1.20 bits per heavy atom. The lowest BCUT2D eigenvalue weighted by atomic mass is 9.54. The fourth-order valence-corrected chi connectivity index (χ4v) is 5.83. The molecule has 0 spiro atoms. The molecule has 0 radical (unpaired) electrons. The van der Waals surface area contributed by atoms with E-state index in [1.165, 1.54) is 37.8 Å². The maximum Gasteiger partial charge on any atom is 0.0622 e. The standard InChI is InChI=1S/C17H27N3/c1-20(16(10-18)15-3-2-4-19-15)17-13-6-11-5-12(8-13)9-14(17)7-11/h2-4,11-14,16-17,19H,5-10,18H2,1H3. The van der Waals surface area contributed by atoms with Crippen molar-refractivity contribution in [1.82, 2.24) is 9.88 Å². The molecule has 1 unspecified atom stereocenters. The average molecular weight is 273 g/mol. The molecule has 3 N–H and O–H groups in total. The number of aromatic nitrogens is 1. The number of likely N-dealkylation sites (N-methyl/N-ethyl adjacent to an activating group) is 1. The van der Waals surface area contributed by atoms with Gasteiger partial charge in [-0.15, -0.1) is 0 Å². The number of rotatable bonds is 4. The third kappa shape index (κ3) is 1.94. The Morgan fingerprint density at radius 3 is 2.35 bits per heavy atom. The van der Waals surface area contributed by atoms with Gasteiger partial charge in [0.2, 0.25) is 0 Å². The van der Waals surface area contributed by atoms with E-state index in [1.807, 2.05) is 6.20 Å². The molecule has 4 saturated carbocycles. The van der Waals surface area contributed by atoms with Crippen LogP contribution >= 0.6 is 0 Å². The first kappa shape index (κ1) is 12.9. The summed E-state index contributed by atoms with van der Waals surface area (Å²) < 4.78 is 0. The summed E-state index contributed by atoms with van der Waals surface area (Å²) >= 11 is 0. The molecule has 0 aliphatic heterocycles. The smallest absolute Gasteiger partial charge is 0.0622 e. The second-order valence-electron chi connectivity index (χ2n) is 7.46. The number of nitrogens with zero attached hydrogens (tertiary/aromatic N) is 1. The summed E-state index contributed by atoms with van der Waals surface area (Å²) in [6.45, 7) is 0.708. The van der Waals surface area contributed by atoms with E-state index in [0.717, 1.165) is 29.7 Å². The molecule has 1 aromatic heterocycles. The number of hydrogen-bond acceptors (Lipinski definition) is 2. The van der Waals surface area contributed by atoms with E-state index < -0.39 is 0 Å². The molecule has 1 atom stereocenters. The Kier molecular flexibility index (Phi) is 3.15. The van der Waals surface area contributed by atoms with E-state index in [9.17, 15) is 0 Å². The van der Waals surface area contributed by atoms with Gasteiger partial charge in [-0.1, -0.05) is 0 Å². The van der Waals surface area contributed by atoms with Crippen LogP contribution in [0, 0.1) is 23.7 Å². The molecule has 110 valence electrons. The largest absolute Gasteiger partial charge is 0.364 e. The van der Waals surface area contributed by atoms with Gasteiger partial charge in [0.25, 0.3) is 0 Å². The zero-order valence-corrected chi connectivity index (χ0v) is 12.5. The van der Waals surface area contributed by atoms with Crippen LogP contribution < -0.4 is 5.73 Å². The van der Waals surface area contributed by atoms with Crippen molar-refractivity contribution >= 4 is 0 Å². The molecular formula is C17H27N3. The van der Waals surface area contributed by atoms with Gasteiger partial charge in [-0.25, -0.2) is 0 Å². The minimum Gasteiger partial charge on any atom is -0.364 e. The molecular weight excluding hydrogens is 246 g/mol. The van der Waals surface area contributed by atoms with Crippen molar-refractivity contribution in [3.05, 3.63) is 24.0 Å². The van der Waals surface area contributed by atoms with Gasteiger partial charge in [0.05, 0.1) is 6.04 Å². The second kappa shape index (κ2) is 4.88. The minimum atomic E-state index is 0.354. The van der Waals surface area contributed by atoms with Crippen molar-refractivity contribution in [2.24, 2.45) is 29.4 Å². The summed E-state index contributed by atoms with van der Waals surface area (Å²) in [4.78, 5) is 5.98. The lowest BCUT2D eigenvalue weighted by Crippen LogP contribution is -2.56. The van der Waals surface area contributed by atoms with Gasteiger partial charge in [-0.2, -0.15) is 0 Å². The number of nitrogens with one attached hydrogen (secondary N) is 1. The molecule has 4 aliphatic carbocycles. The lowest BCUT2D eigenvalue weighted by molar-refractivity contribution is -0.0694. The monoisotopic (exact) mass is 273 g/mol. The van der Waals surface area contributed by atoms with Gasteiger partial charge >= 0.3 is 0 Å². The highest BCUT2D eigenvalue weighted by atomic mass is 15.2. The highest BCUT2D eigenvalue weighted by Gasteiger charge is 2.50. The Balaban J connectivity index is 1.57. The molecule has 5 rings (SSSR count). The first-order valence-corrected chi connectivity index (χ1v) is 8.31. The second-order valence-corrected chi connectivity index (χ2v) is 7.46. The van der Waals surface area contributed by atoms with Crippen LogP contribution in [-0.2, 0) is 0 Å². The van der Waals surface area contributed by atoms with E-state index >= 15 is 0 Å². The Labute approximate surface area is 121 Å². The molecule has 4 aliphatic rings. The predicted molar refractivity (Wildman–Crippen MR) is 81.2 cm³/mol. The summed E-state index contributed by atoms with van der Waals surface area (Å²) in [5.41, 5.74) is 7.38. The number of hydrogen-bond donors (Lipinski definition) is 2. The summed E-state index contributed by atoms with van der Waals surface area (Å²) in [7, 11) is 2.31. The molecule has 1 heterocycles. The number of aromatic amines is 1. The first-order valence-electron chi connectivity index (χ1n) is 8.31. The molecule has 1 aromatic rings. The molecule has 3 nitrogen and oxygen atoms in total. The molecule has 3 heteroatoms. The quantitative estimate of drug-likeness (QED) is 0.886. The Bertz CT molecular complexity index is 425. The van der Waals surface area contributed by atoms with E-state index in [-0.39, 0.29) is 0 Å². The van der Waals surface area contributed by atoms with Crippen LogP contribution in [0.25, 0.3) is 0 Å². The molecule has 0 amide bonds. The average Bonchev–Trinajstić information content (AvgIpc) is 2.92. The van der Waals surface area contributed by atoms with Gasteiger partial charge in [0.15, 0.2) is 0 Å². The van der Waals surface area contributed by atoms with Crippen molar-refractivity contribution in [3.8, 4) is 0 Å². The van der Waals surface area contributed by atoms with Crippen molar-refractivity contribution < 1.29 is 0 Å². The van der Waals surface area contributed by atoms with Crippen LogP contribution in [-0.4, -0.2) is 29.5 Å². The van der Waals surface area contributed by atoms with Gasteiger partial charge in [0.1, 0.15) is 0 Å². The summed E-state index contributed by atoms with van der Waals surface area (Å²) in [6.07, 6.45) is 9.45. The Hall–Kier alpha value is -0.800. The summed E-state index contributed by atoms with van der Waals surface area (Å²) in [6, 6.07) is 5.39. The topological polar surface area (TPSA) is 45.0 Å². The van der Waals surface area contributed by atoms with Gasteiger partial charge in [-0.05, 0) is 75.0 Å². The highest BCUT2D eigenvalue weighted by molar-refractivity contribution is 5.12. The zero-order valence-electron chi connectivity index (χ0n) is 12.5. The summed E-state index contributed by atoms with van der Waals surface area (Å²) in [5, 5.41) is 0. The van der Waals surface area contributed by atoms with Gasteiger partial charge in [-0.3, -0.25) is 4.90 Å². The van der Waals surface area contributed by atoms with Crippen LogP contribution in [0.5, 0.6) is 0 Å². The van der Waals surface area contributed by atoms with E-state index in [2.05, 4.69) is 29.1 Å². The highest BCUT2D eigenvalue weighted by Crippen LogP contribution is 2.55. The normalized spacial score (nSPS) is 40.5. The number of nitrogens with two attached hydrogens (primary N) is 1. The molecule has 4 bridgehead atoms. The lowest BCUT2D eigenvalue weighted by Gasteiger charge is -2.57. The van der Waals surface area contributed by atoms with E-state index in [1.54, 1.807) is 0 Å². The van der Waals surface area contributed by atoms with Crippen LogP contribution in [0.2, 0.25) is 0 Å². The maximum atomic E-state index is 6.10. The zero-order chi connectivity index (χ0) is 13.7. The van der Waals surface area contributed by atoms with Crippen LogP contribution in [0.1, 0.15) is 43.8 Å². The third-order valence-electron chi connectivity index (χ3n) is 6.34. The maximum absolute atomic E-state index is 6.10. The molecule has 20 heavy (non-hydrogen) atoms. The molecule has 0 saturated heterocycles. The molecule has 4 fully saturated rings. The van der Waals surface area contributed by atoms with Crippen LogP contribution in [0.15, 0.2) is 18.3 Å². The molecule has 0 aromatic carbocycles. The van der Waals surface area contributed by atoms with Crippen molar-refractivity contribution in [3.63, 3.8) is 0 Å².